The first-order valence-corrected chi connectivity index (χ1v) is 13.8. The van der Waals surface area contributed by atoms with Crippen molar-refractivity contribution in [1.82, 2.24) is 4.90 Å². The second-order valence-corrected chi connectivity index (χ2v) is 12.2. The predicted molar refractivity (Wildman–Crippen MR) is 141 cm³/mol. The lowest BCUT2D eigenvalue weighted by molar-refractivity contribution is -0.116. The fourth-order valence-electron chi connectivity index (χ4n) is 6.74. The number of nitrogens with one attached hydrogen (secondary N) is 1. The lowest BCUT2D eigenvalue weighted by Crippen LogP contribution is -2.50. The van der Waals surface area contributed by atoms with Gasteiger partial charge in [-0.3, -0.25) is 9.79 Å². The lowest BCUT2D eigenvalue weighted by Gasteiger charge is -2.55. The van der Waals surface area contributed by atoms with Crippen LogP contribution in [-0.4, -0.2) is 39.9 Å². The van der Waals surface area contributed by atoms with Gasteiger partial charge in [0.2, 0.25) is 5.91 Å². The van der Waals surface area contributed by atoms with Crippen LogP contribution < -0.4 is 5.32 Å². The van der Waals surface area contributed by atoms with Gasteiger partial charge in [0.25, 0.3) is 0 Å². The maximum Gasteiger partial charge on any atom is 0.226 e. The summed E-state index contributed by atoms with van der Waals surface area (Å²) in [5, 5.41) is 4.31. The molecule has 1 unspecified atom stereocenters. The summed E-state index contributed by atoms with van der Waals surface area (Å²) in [4.78, 5) is 20.8. The van der Waals surface area contributed by atoms with Crippen LogP contribution in [0.1, 0.15) is 64.7 Å². The molecule has 1 heterocycles. The third kappa shape index (κ3) is 5.33. The van der Waals surface area contributed by atoms with E-state index in [-0.39, 0.29) is 29.9 Å². The summed E-state index contributed by atoms with van der Waals surface area (Å²) in [5.74, 6) is 3.82. The number of rotatable bonds is 7. The smallest absolute Gasteiger partial charge is 0.226 e. The number of carbonyl (C=O) groups excluding carboxylic acids is 1. The second-order valence-electron chi connectivity index (χ2n) is 10.3. The van der Waals surface area contributed by atoms with Gasteiger partial charge in [0.05, 0.1) is 5.54 Å². The fraction of sp³-hybridized carbons (Fsp3) is 0.680. The maximum absolute atomic E-state index is 12.8. The van der Waals surface area contributed by atoms with E-state index in [1.807, 2.05) is 36.0 Å². The number of unbranched alkanes of at least 4 members (excludes halogenated alkanes) is 1. The summed E-state index contributed by atoms with van der Waals surface area (Å²) in [6.45, 7) is 3.26. The number of aliphatic imine (C=N–C) groups is 1. The van der Waals surface area contributed by atoms with Crippen LogP contribution in [-0.2, 0) is 4.79 Å². The largest absolute Gasteiger partial charge is 0.347 e. The Balaban J connectivity index is 0.00000245. The molecule has 0 radical (unpaired) electrons. The Labute approximate surface area is 211 Å². The number of anilines is 1. The van der Waals surface area contributed by atoms with Crippen LogP contribution in [0.5, 0.6) is 0 Å². The highest BCUT2D eigenvalue weighted by atomic mass is 79.9. The Hall–Kier alpha value is -0.720. The summed E-state index contributed by atoms with van der Waals surface area (Å²) >= 11 is 5.35. The quantitative estimate of drug-likeness (QED) is 0.416. The average molecular weight is 541 g/mol. The van der Waals surface area contributed by atoms with Crippen LogP contribution in [0.2, 0.25) is 0 Å². The number of amidine groups is 1. The molecule has 4 saturated carbocycles. The van der Waals surface area contributed by atoms with Gasteiger partial charge in [-0.2, -0.15) is 0 Å². The van der Waals surface area contributed by atoms with Gasteiger partial charge in [0.15, 0.2) is 5.17 Å². The van der Waals surface area contributed by atoms with Crippen LogP contribution in [0.25, 0.3) is 0 Å². The number of halogens is 2. The minimum atomic E-state index is 0. The molecule has 5 aliphatic rings. The highest BCUT2D eigenvalue weighted by Gasteiger charge is 2.51. The van der Waals surface area contributed by atoms with Crippen LogP contribution in [0.3, 0.4) is 0 Å². The Morgan fingerprint density at radius 3 is 2.38 bits per heavy atom. The molecule has 0 aromatic heterocycles. The molecular formula is C25H35BrClN3OS. The third-order valence-electron chi connectivity index (χ3n) is 7.73. The predicted octanol–water partition coefficient (Wildman–Crippen LogP) is 6.74. The van der Waals surface area contributed by atoms with E-state index in [1.54, 1.807) is 0 Å². The first-order chi connectivity index (χ1) is 15.0. The van der Waals surface area contributed by atoms with E-state index >= 15 is 0 Å². The van der Waals surface area contributed by atoms with E-state index < -0.39 is 0 Å². The molecule has 1 aromatic carbocycles. The SMILES string of the molecule is CCCCN1/C(=N/C23CC4CC(CC(C4)C2)C3)SCC1CC(=O)Nc1ccc(Br)cc1.Cl. The van der Waals surface area contributed by atoms with E-state index in [9.17, 15) is 4.79 Å². The molecule has 4 nitrogen and oxygen atoms in total. The Kier molecular flexibility index (Phi) is 7.83. The zero-order valence-electron chi connectivity index (χ0n) is 18.9. The Morgan fingerprint density at radius 1 is 1.16 bits per heavy atom. The van der Waals surface area contributed by atoms with E-state index in [2.05, 4.69) is 33.1 Å². The molecule has 1 amide bonds. The molecule has 5 fully saturated rings. The van der Waals surface area contributed by atoms with Gasteiger partial charge in [0, 0.05) is 34.9 Å². The summed E-state index contributed by atoms with van der Waals surface area (Å²) in [6.07, 6.45) is 11.1. The molecular weight excluding hydrogens is 506 g/mol. The van der Waals surface area contributed by atoms with E-state index in [1.165, 1.54) is 50.1 Å². The summed E-state index contributed by atoms with van der Waals surface area (Å²) < 4.78 is 1.02. The van der Waals surface area contributed by atoms with Gasteiger partial charge in [-0.05, 0) is 87.0 Å². The number of nitrogens with zero attached hydrogens (tertiary/aromatic N) is 2. The summed E-state index contributed by atoms with van der Waals surface area (Å²) in [7, 11) is 0. The Morgan fingerprint density at radius 2 is 1.78 bits per heavy atom. The molecule has 6 rings (SSSR count). The zero-order valence-corrected chi connectivity index (χ0v) is 22.1. The molecule has 1 aliphatic heterocycles. The van der Waals surface area contributed by atoms with Crippen LogP contribution >= 0.6 is 40.1 Å². The van der Waals surface area contributed by atoms with Gasteiger partial charge in [0.1, 0.15) is 0 Å². The van der Waals surface area contributed by atoms with Crippen molar-refractivity contribution in [1.29, 1.82) is 0 Å². The van der Waals surface area contributed by atoms with Gasteiger partial charge < -0.3 is 10.2 Å². The molecule has 1 atom stereocenters. The number of carbonyl (C=O) groups is 1. The van der Waals surface area contributed by atoms with E-state index in [0.29, 0.717) is 6.42 Å². The third-order valence-corrected chi connectivity index (χ3v) is 9.40. The normalized spacial score (nSPS) is 34.1. The second kappa shape index (κ2) is 10.3. The topological polar surface area (TPSA) is 44.7 Å². The van der Waals surface area contributed by atoms with E-state index in [0.717, 1.165) is 46.6 Å². The van der Waals surface area contributed by atoms with Crippen LogP contribution in [0, 0.1) is 17.8 Å². The van der Waals surface area contributed by atoms with Crippen molar-refractivity contribution in [2.45, 2.75) is 76.3 Å². The van der Waals surface area contributed by atoms with Crippen molar-refractivity contribution in [3.8, 4) is 0 Å². The van der Waals surface area contributed by atoms with Crippen molar-refractivity contribution in [2.75, 3.05) is 17.6 Å². The maximum atomic E-state index is 12.8. The molecule has 0 spiro atoms. The highest BCUT2D eigenvalue weighted by molar-refractivity contribution is 9.10. The summed E-state index contributed by atoms with van der Waals surface area (Å²) in [6, 6.07) is 8.07. The van der Waals surface area contributed by atoms with E-state index in [4.69, 9.17) is 4.99 Å². The van der Waals surface area contributed by atoms with Crippen molar-refractivity contribution < 1.29 is 4.79 Å². The van der Waals surface area contributed by atoms with Gasteiger partial charge in [-0.15, -0.1) is 12.4 Å². The summed E-state index contributed by atoms with van der Waals surface area (Å²) in [5.41, 5.74) is 1.07. The minimum Gasteiger partial charge on any atom is -0.347 e. The first kappa shape index (κ1) is 24.4. The van der Waals surface area contributed by atoms with Crippen molar-refractivity contribution in [3.63, 3.8) is 0 Å². The van der Waals surface area contributed by atoms with Crippen LogP contribution in [0.4, 0.5) is 5.69 Å². The molecule has 176 valence electrons. The van der Waals surface area contributed by atoms with Gasteiger partial charge in [-0.25, -0.2) is 0 Å². The first-order valence-electron chi connectivity index (χ1n) is 12.1. The van der Waals surface area contributed by atoms with Gasteiger partial charge in [-0.1, -0.05) is 41.0 Å². The number of hydrogen-bond donors (Lipinski definition) is 1. The van der Waals surface area contributed by atoms with Crippen LogP contribution in [0.15, 0.2) is 33.7 Å². The van der Waals surface area contributed by atoms with Gasteiger partial charge >= 0.3 is 0 Å². The number of thioether (sulfide) groups is 1. The van der Waals surface area contributed by atoms with Crippen molar-refractivity contribution in [3.05, 3.63) is 28.7 Å². The molecule has 4 aliphatic carbocycles. The number of benzene rings is 1. The molecule has 4 bridgehead atoms. The molecule has 7 heteroatoms. The molecule has 1 aromatic rings. The monoisotopic (exact) mass is 539 g/mol. The average Bonchev–Trinajstić information content (AvgIpc) is 3.07. The lowest BCUT2D eigenvalue weighted by atomic mass is 9.53. The minimum absolute atomic E-state index is 0. The fourth-order valence-corrected chi connectivity index (χ4v) is 8.30. The Bertz CT molecular complexity index is 811. The molecule has 1 N–H and O–H groups in total. The number of amides is 1. The molecule has 32 heavy (non-hydrogen) atoms. The highest BCUT2D eigenvalue weighted by Crippen LogP contribution is 2.57. The number of hydrogen-bond acceptors (Lipinski definition) is 3. The molecule has 1 saturated heterocycles. The van der Waals surface area contributed by atoms with Crippen molar-refractivity contribution >= 4 is 56.9 Å². The standard InChI is InChI=1S/C25H34BrN3OS.ClH/c1-2-3-8-29-22(12-23(30)27-21-6-4-20(26)5-7-21)16-31-24(29)28-25-13-17-9-18(14-25)11-19(10-17)15-25;/h4-7,17-19,22H,2-3,8-16H2,1H3,(H,27,30);1H/b28-24-;. The van der Waals surface area contributed by atoms with Crippen molar-refractivity contribution in [2.24, 2.45) is 22.7 Å². The zero-order chi connectivity index (χ0) is 21.4.